The molecule has 1 aromatic rings. The van der Waals surface area contributed by atoms with Gasteiger partial charge >= 0.3 is 0 Å². The molecule has 4 heteroatoms. The molecule has 1 aliphatic rings. The normalized spacial score (nSPS) is 20.8. The van der Waals surface area contributed by atoms with E-state index < -0.39 is 0 Å². The molecular weight excluding hydrogens is 285 g/mol. The van der Waals surface area contributed by atoms with Crippen molar-refractivity contribution in [1.29, 1.82) is 0 Å². The highest BCUT2D eigenvalue weighted by molar-refractivity contribution is 9.10. The number of piperidine rings is 1. The molecule has 1 aliphatic heterocycles. The molecule has 1 atom stereocenters. The fourth-order valence-corrected chi connectivity index (χ4v) is 2.62. The van der Waals surface area contributed by atoms with Crippen molar-refractivity contribution in [1.82, 2.24) is 4.90 Å². The number of hydrogen-bond donors (Lipinski definition) is 0. The second kappa shape index (κ2) is 5.17. The molecule has 0 aromatic heterocycles. The Kier molecular flexibility index (Phi) is 3.82. The zero-order chi connectivity index (χ0) is 12.4. The van der Waals surface area contributed by atoms with Gasteiger partial charge in [-0.25, -0.2) is 4.39 Å². The van der Waals surface area contributed by atoms with Crippen LogP contribution >= 0.6 is 15.9 Å². The summed E-state index contributed by atoms with van der Waals surface area (Å²) in [6.07, 6.45) is 2.02. The molecule has 1 saturated heterocycles. The van der Waals surface area contributed by atoms with Crippen LogP contribution < -0.4 is 0 Å². The van der Waals surface area contributed by atoms with Gasteiger partial charge in [-0.15, -0.1) is 0 Å². The van der Waals surface area contributed by atoms with Gasteiger partial charge in [-0.2, -0.15) is 0 Å². The molecule has 0 radical (unpaired) electrons. The van der Waals surface area contributed by atoms with E-state index in [1.807, 2.05) is 11.8 Å². The maximum Gasteiger partial charge on any atom is 0.225 e. The fraction of sp³-hybridized carbons (Fsp3) is 0.462. The van der Waals surface area contributed by atoms with Crippen molar-refractivity contribution >= 4 is 21.8 Å². The summed E-state index contributed by atoms with van der Waals surface area (Å²) < 4.78 is 13.7. The quantitative estimate of drug-likeness (QED) is 0.820. The molecule has 0 spiro atoms. The first-order valence-corrected chi connectivity index (χ1v) is 6.60. The van der Waals surface area contributed by atoms with Crippen LogP contribution in [0.5, 0.6) is 0 Å². The van der Waals surface area contributed by atoms with Crippen molar-refractivity contribution in [3.05, 3.63) is 34.1 Å². The van der Waals surface area contributed by atoms with Gasteiger partial charge in [-0.3, -0.25) is 4.79 Å². The van der Waals surface area contributed by atoms with Gasteiger partial charge < -0.3 is 4.90 Å². The number of benzene rings is 1. The van der Waals surface area contributed by atoms with Gasteiger partial charge in [0.25, 0.3) is 0 Å². The van der Waals surface area contributed by atoms with Crippen LogP contribution in [0, 0.1) is 11.7 Å². The fourth-order valence-electron chi connectivity index (χ4n) is 2.15. The van der Waals surface area contributed by atoms with Gasteiger partial charge in [0.05, 0.1) is 0 Å². The van der Waals surface area contributed by atoms with E-state index in [1.54, 1.807) is 6.07 Å². The van der Waals surface area contributed by atoms with E-state index >= 15 is 0 Å². The minimum atomic E-state index is -0.265. The smallest absolute Gasteiger partial charge is 0.225 e. The van der Waals surface area contributed by atoms with Crippen LogP contribution in [-0.4, -0.2) is 17.4 Å². The van der Waals surface area contributed by atoms with Crippen molar-refractivity contribution in [2.24, 2.45) is 5.92 Å². The molecule has 0 aliphatic carbocycles. The third-order valence-corrected chi connectivity index (χ3v) is 3.91. The number of amides is 1. The van der Waals surface area contributed by atoms with E-state index in [9.17, 15) is 9.18 Å². The monoisotopic (exact) mass is 299 g/mol. The number of carbonyl (C=O) groups excluding carboxylic acids is 1. The van der Waals surface area contributed by atoms with Crippen molar-refractivity contribution < 1.29 is 9.18 Å². The molecule has 0 N–H and O–H groups in total. The Labute approximate surface area is 109 Å². The Bertz CT molecular complexity index is 435. The van der Waals surface area contributed by atoms with Gasteiger partial charge in [0, 0.05) is 23.5 Å². The summed E-state index contributed by atoms with van der Waals surface area (Å²) in [5, 5.41) is 0. The van der Waals surface area contributed by atoms with Crippen LogP contribution in [0.15, 0.2) is 22.7 Å². The zero-order valence-corrected chi connectivity index (χ0v) is 11.3. The Morgan fingerprint density at radius 2 is 2.29 bits per heavy atom. The van der Waals surface area contributed by atoms with Crippen molar-refractivity contribution in [3.63, 3.8) is 0 Å². The third kappa shape index (κ3) is 2.86. The van der Waals surface area contributed by atoms with E-state index in [0.717, 1.165) is 29.4 Å². The van der Waals surface area contributed by atoms with Gasteiger partial charge in [0.15, 0.2) is 0 Å². The topological polar surface area (TPSA) is 20.3 Å². The number of carbonyl (C=O) groups is 1. The highest BCUT2D eigenvalue weighted by atomic mass is 79.9. The zero-order valence-electron chi connectivity index (χ0n) is 9.75. The molecule has 1 amide bonds. The van der Waals surface area contributed by atoms with Crippen LogP contribution in [0.1, 0.15) is 25.3 Å². The summed E-state index contributed by atoms with van der Waals surface area (Å²) >= 11 is 3.33. The molecular formula is C13H15BrFNO. The minimum Gasteiger partial charge on any atom is -0.338 e. The van der Waals surface area contributed by atoms with Crippen molar-refractivity contribution in [2.45, 2.75) is 26.3 Å². The summed E-state index contributed by atoms with van der Waals surface area (Å²) in [7, 11) is 0. The first-order chi connectivity index (χ1) is 8.08. The largest absolute Gasteiger partial charge is 0.338 e. The van der Waals surface area contributed by atoms with Crippen LogP contribution in [0.4, 0.5) is 4.39 Å². The predicted octanol–water partition coefficient (Wildman–Crippen LogP) is 3.35. The van der Waals surface area contributed by atoms with Gasteiger partial charge in [-0.1, -0.05) is 28.9 Å². The number of hydrogen-bond acceptors (Lipinski definition) is 1. The van der Waals surface area contributed by atoms with Crippen LogP contribution in [-0.2, 0) is 11.3 Å². The number of nitrogens with zero attached hydrogens (tertiary/aromatic N) is 1. The van der Waals surface area contributed by atoms with E-state index in [4.69, 9.17) is 0 Å². The van der Waals surface area contributed by atoms with Crippen LogP contribution in [0.2, 0.25) is 0 Å². The first-order valence-electron chi connectivity index (χ1n) is 5.80. The number of halogens is 2. The SMILES string of the molecule is CC1CCCN(Cc2ccc(F)cc2Br)C1=O. The van der Waals surface area contributed by atoms with E-state index in [1.165, 1.54) is 12.1 Å². The van der Waals surface area contributed by atoms with Gasteiger partial charge in [-0.05, 0) is 30.5 Å². The predicted molar refractivity (Wildman–Crippen MR) is 67.9 cm³/mol. The molecule has 1 aromatic carbocycles. The molecule has 2 nitrogen and oxygen atoms in total. The van der Waals surface area contributed by atoms with E-state index in [0.29, 0.717) is 6.54 Å². The molecule has 2 rings (SSSR count). The van der Waals surface area contributed by atoms with Crippen LogP contribution in [0.25, 0.3) is 0 Å². The maximum absolute atomic E-state index is 13.0. The standard InChI is InChI=1S/C13H15BrFNO/c1-9-3-2-6-16(13(9)17)8-10-4-5-11(15)7-12(10)14/h4-5,7,9H,2-3,6,8H2,1H3. The molecule has 92 valence electrons. The maximum atomic E-state index is 13.0. The Morgan fingerprint density at radius 1 is 1.53 bits per heavy atom. The lowest BCUT2D eigenvalue weighted by molar-refractivity contribution is -0.138. The van der Waals surface area contributed by atoms with E-state index in [-0.39, 0.29) is 17.6 Å². The second-order valence-corrected chi connectivity index (χ2v) is 5.39. The van der Waals surface area contributed by atoms with E-state index in [2.05, 4.69) is 15.9 Å². The molecule has 17 heavy (non-hydrogen) atoms. The lowest BCUT2D eigenvalue weighted by atomic mass is 9.99. The second-order valence-electron chi connectivity index (χ2n) is 4.54. The summed E-state index contributed by atoms with van der Waals surface area (Å²) in [5.74, 6) is 0.0504. The molecule has 1 heterocycles. The lowest BCUT2D eigenvalue weighted by Gasteiger charge is -2.31. The molecule has 0 saturated carbocycles. The Balaban J connectivity index is 2.12. The van der Waals surface area contributed by atoms with Gasteiger partial charge in [0.1, 0.15) is 5.82 Å². The molecule has 1 fully saturated rings. The Hall–Kier alpha value is -0.900. The van der Waals surface area contributed by atoms with Gasteiger partial charge in [0.2, 0.25) is 5.91 Å². The lowest BCUT2D eigenvalue weighted by Crippen LogP contribution is -2.39. The summed E-state index contributed by atoms with van der Waals surface area (Å²) in [6, 6.07) is 4.59. The summed E-state index contributed by atoms with van der Waals surface area (Å²) in [4.78, 5) is 13.8. The van der Waals surface area contributed by atoms with Crippen LogP contribution in [0.3, 0.4) is 0 Å². The molecule has 1 unspecified atom stereocenters. The summed E-state index contributed by atoms with van der Waals surface area (Å²) in [5.41, 5.74) is 0.953. The summed E-state index contributed by atoms with van der Waals surface area (Å²) in [6.45, 7) is 3.32. The Morgan fingerprint density at radius 3 is 3.00 bits per heavy atom. The van der Waals surface area contributed by atoms with Crippen molar-refractivity contribution in [3.8, 4) is 0 Å². The average molecular weight is 300 g/mol. The highest BCUT2D eigenvalue weighted by Crippen LogP contribution is 2.23. The third-order valence-electron chi connectivity index (χ3n) is 3.17. The molecule has 0 bridgehead atoms. The van der Waals surface area contributed by atoms with Crippen molar-refractivity contribution in [2.75, 3.05) is 6.54 Å². The highest BCUT2D eigenvalue weighted by Gasteiger charge is 2.25. The first kappa shape index (κ1) is 12.6. The average Bonchev–Trinajstić information content (AvgIpc) is 2.28. The minimum absolute atomic E-state index is 0.114. The number of likely N-dealkylation sites (tertiary alicyclic amines) is 1. The number of rotatable bonds is 2.